The van der Waals surface area contributed by atoms with E-state index in [0.717, 1.165) is 5.56 Å². The Labute approximate surface area is 99.1 Å². The minimum absolute atomic E-state index is 0.110. The van der Waals surface area contributed by atoms with E-state index in [1.54, 1.807) is 19.1 Å². The molecule has 1 aromatic rings. The van der Waals surface area contributed by atoms with Gasteiger partial charge in [-0.25, -0.2) is 4.79 Å². The number of nitrogens with zero attached hydrogens (tertiary/aromatic N) is 1. The zero-order valence-electron chi connectivity index (χ0n) is 9.16. The Balaban J connectivity index is 2.99. The Morgan fingerprint density at radius 1 is 1.56 bits per heavy atom. The summed E-state index contributed by atoms with van der Waals surface area (Å²) in [5.74, 6) is 0.110. The average Bonchev–Trinajstić information content (AvgIpc) is 2.21. The quantitative estimate of drug-likeness (QED) is 0.638. The van der Waals surface area contributed by atoms with Gasteiger partial charge >= 0.3 is 6.09 Å². The molecule has 0 bridgehead atoms. The van der Waals surface area contributed by atoms with Gasteiger partial charge in [-0.3, -0.25) is 0 Å². The molecule has 1 amide bonds. The highest BCUT2D eigenvalue weighted by Crippen LogP contribution is 2.15. The summed E-state index contributed by atoms with van der Waals surface area (Å²) in [6, 6.07) is 5.22. The van der Waals surface area contributed by atoms with Gasteiger partial charge in [0.05, 0.1) is 6.61 Å². The standard InChI is InChI=1S/C11H13ClN2O2/c1-3-16-11(15)14-10(13)9-6-8(12)5-4-7(9)2/h4-6H,3H2,1-2H3,(H2,13,14,15). The lowest BCUT2D eigenvalue weighted by Crippen LogP contribution is -2.17. The van der Waals surface area contributed by atoms with Gasteiger partial charge in [-0.15, -0.1) is 0 Å². The van der Waals surface area contributed by atoms with Gasteiger partial charge in [0.25, 0.3) is 0 Å². The molecule has 0 spiro atoms. The van der Waals surface area contributed by atoms with Crippen LogP contribution >= 0.6 is 11.6 Å². The van der Waals surface area contributed by atoms with Crippen LogP contribution in [0.4, 0.5) is 4.79 Å². The number of carbonyl (C=O) groups is 1. The first-order chi connectivity index (χ1) is 7.54. The average molecular weight is 241 g/mol. The molecular formula is C11H13ClN2O2. The molecule has 0 fully saturated rings. The van der Waals surface area contributed by atoms with Crippen molar-refractivity contribution in [3.63, 3.8) is 0 Å². The molecule has 0 saturated carbocycles. The van der Waals surface area contributed by atoms with Crippen molar-refractivity contribution in [3.8, 4) is 0 Å². The molecule has 16 heavy (non-hydrogen) atoms. The van der Waals surface area contributed by atoms with Crippen LogP contribution in [-0.4, -0.2) is 18.5 Å². The summed E-state index contributed by atoms with van der Waals surface area (Å²) < 4.78 is 4.66. The highest BCUT2D eigenvalue weighted by atomic mass is 35.5. The first-order valence-corrected chi connectivity index (χ1v) is 5.19. The lowest BCUT2D eigenvalue weighted by atomic mass is 10.1. The Hall–Kier alpha value is -1.55. The molecule has 86 valence electrons. The van der Waals surface area contributed by atoms with Crippen molar-refractivity contribution in [2.75, 3.05) is 6.61 Å². The fraction of sp³-hybridized carbons (Fsp3) is 0.273. The van der Waals surface area contributed by atoms with Crippen molar-refractivity contribution < 1.29 is 9.53 Å². The van der Waals surface area contributed by atoms with Crippen LogP contribution in [0.1, 0.15) is 18.1 Å². The molecule has 0 aliphatic heterocycles. The largest absolute Gasteiger partial charge is 0.448 e. The molecule has 0 aromatic heterocycles. The maximum Gasteiger partial charge on any atom is 0.435 e. The van der Waals surface area contributed by atoms with Gasteiger partial charge in [0.15, 0.2) is 0 Å². The van der Waals surface area contributed by atoms with Crippen molar-refractivity contribution in [1.29, 1.82) is 0 Å². The molecule has 0 aliphatic rings. The number of aryl methyl sites for hydroxylation is 1. The number of aliphatic imine (C=N–C) groups is 1. The molecule has 5 heteroatoms. The van der Waals surface area contributed by atoms with Crippen LogP contribution in [0.5, 0.6) is 0 Å². The summed E-state index contributed by atoms with van der Waals surface area (Å²) in [5.41, 5.74) is 7.22. The van der Waals surface area contributed by atoms with Crippen molar-refractivity contribution in [3.05, 3.63) is 34.3 Å². The zero-order valence-corrected chi connectivity index (χ0v) is 9.91. The number of benzene rings is 1. The topological polar surface area (TPSA) is 64.7 Å². The molecule has 0 heterocycles. The summed E-state index contributed by atoms with van der Waals surface area (Å²) >= 11 is 5.83. The van der Waals surface area contributed by atoms with Gasteiger partial charge in [0, 0.05) is 10.6 Å². The number of halogens is 1. The van der Waals surface area contributed by atoms with Crippen LogP contribution in [0.3, 0.4) is 0 Å². The lowest BCUT2D eigenvalue weighted by molar-refractivity contribution is 0.163. The molecule has 0 aliphatic carbocycles. The second kappa shape index (κ2) is 5.51. The fourth-order valence-corrected chi connectivity index (χ4v) is 1.36. The van der Waals surface area contributed by atoms with Crippen molar-refractivity contribution in [1.82, 2.24) is 0 Å². The van der Waals surface area contributed by atoms with Crippen LogP contribution in [0, 0.1) is 6.92 Å². The van der Waals surface area contributed by atoms with Crippen molar-refractivity contribution in [2.24, 2.45) is 10.7 Å². The minimum Gasteiger partial charge on any atom is -0.448 e. The highest BCUT2D eigenvalue weighted by molar-refractivity contribution is 6.31. The number of hydrogen-bond donors (Lipinski definition) is 1. The molecule has 1 aromatic carbocycles. The molecule has 2 N–H and O–H groups in total. The number of ether oxygens (including phenoxy) is 1. The maximum atomic E-state index is 11.1. The van der Waals surface area contributed by atoms with E-state index in [-0.39, 0.29) is 12.4 Å². The van der Waals surface area contributed by atoms with E-state index in [2.05, 4.69) is 9.73 Å². The highest BCUT2D eigenvalue weighted by Gasteiger charge is 2.06. The number of amides is 1. The molecule has 0 atom stereocenters. The first-order valence-electron chi connectivity index (χ1n) is 4.82. The predicted molar refractivity (Wildman–Crippen MR) is 63.9 cm³/mol. The lowest BCUT2D eigenvalue weighted by Gasteiger charge is -2.05. The van der Waals surface area contributed by atoms with Crippen LogP contribution in [0.25, 0.3) is 0 Å². The third kappa shape index (κ3) is 3.24. The van der Waals surface area contributed by atoms with E-state index in [1.807, 2.05) is 13.0 Å². The number of rotatable bonds is 2. The molecule has 1 rings (SSSR count). The Kier molecular flexibility index (Phi) is 4.31. The molecular weight excluding hydrogens is 228 g/mol. The summed E-state index contributed by atoms with van der Waals surface area (Å²) in [6.07, 6.45) is -0.695. The van der Waals surface area contributed by atoms with Gasteiger partial charge in [-0.05, 0) is 31.5 Å². The van der Waals surface area contributed by atoms with E-state index >= 15 is 0 Å². The van der Waals surface area contributed by atoms with Gasteiger partial charge in [-0.2, -0.15) is 4.99 Å². The number of amidine groups is 1. The van der Waals surface area contributed by atoms with Crippen molar-refractivity contribution in [2.45, 2.75) is 13.8 Å². The zero-order chi connectivity index (χ0) is 12.1. The van der Waals surface area contributed by atoms with Gasteiger partial charge < -0.3 is 10.5 Å². The number of carbonyl (C=O) groups excluding carboxylic acids is 1. The smallest absolute Gasteiger partial charge is 0.435 e. The second-order valence-electron chi connectivity index (χ2n) is 3.16. The van der Waals surface area contributed by atoms with Gasteiger partial charge in [-0.1, -0.05) is 17.7 Å². The first kappa shape index (κ1) is 12.5. The SMILES string of the molecule is CCOC(=O)/N=C(\N)c1cc(Cl)ccc1C. The van der Waals surface area contributed by atoms with Crippen LogP contribution in [-0.2, 0) is 4.74 Å². The molecule has 4 nitrogen and oxygen atoms in total. The Morgan fingerprint density at radius 2 is 2.25 bits per heavy atom. The van der Waals surface area contributed by atoms with Crippen LogP contribution in [0.15, 0.2) is 23.2 Å². The minimum atomic E-state index is -0.695. The molecule has 0 unspecified atom stereocenters. The number of nitrogens with two attached hydrogens (primary N) is 1. The summed E-state index contributed by atoms with van der Waals surface area (Å²) in [4.78, 5) is 14.7. The van der Waals surface area contributed by atoms with E-state index in [4.69, 9.17) is 17.3 Å². The number of hydrogen-bond acceptors (Lipinski definition) is 2. The van der Waals surface area contributed by atoms with Gasteiger partial charge in [0.1, 0.15) is 5.84 Å². The summed E-state index contributed by atoms with van der Waals surface area (Å²) in [5, 5.41) is 0.544. The Morgan fingerprint density at radius 3 is 2.88 bits per heavy atom. The monoisotopic (exact) mass is 240 g/mol. The van der Waals surface area contributed by atoms with E-state index < -0.39 is 6.09 Å². The van der Waals surface area contributed by atoms with Crippen LogP contribution < -0.4 is 5.73 Å². The Bertz CT molecular complexity index is 430. The normalized spacial score (nSPS) is 11.3. The summed E-state index contributed by atoms with van der Waals surface area (Å²) in [7, 11) is 0. The third-order valence-corrected chi connectivity index (χ3v) is 2.19. The fourth-order valence-electron chi connectivity index (χ4n) is 1.18. The van der Waals surface area contributed by atoms with Gasteiger partial charge in [0.2, 0.25) is 0 Å². The maximum absolute atomic E-state index is 11.1. The van der Waals surface area contributed by atoms with Crippen molar-refractivity contribution >= 4 is 23.5 Å². The third-order valence-electron chi connectivity index (χ3n) is 1.96. The summed E-state index contributed by atoms with van der Waals surface area (Å²) in [6.45, 7) is 3.83. The predicted octanol–water partition coefficient (Wildman–Crippen LogP) is 2.51. The van der Waals surface area contributed by atoms with Crippen LogP contribution in [0.2, 0.25) is 5.02 Å². The molecule has 0 radical (unpaired) electrons. The second-order valence-corrected chi connectivity index (χ2v) is 3.59. The van der Waals surface area contributed by atoms with E-state index in [1.165, 1.54) is 0 Å². The van der Waals surface area contributed by atoms with E-state index in [9.17, 15) is 4.79 Å². The van der Waals surface area contributed by atoms with E-state index in [0.29, 0.717) is 10.6 Å². The molecule has 0 saturated heterocycles.